The molecule has 1 amide bonds. The molecule has 8 nitrogen and oxygen atoms in total. The minimum Gasteiger partial charge on any atom is -0.347 e. The number of amides is 1. The van der Waals surface area contributed by atoms with Gasteiger partial charge in [-0.15, -0.1) is 0 Å². The van der Waals surface area contributed by atoms with Crippen LogP contribution < -0.4 is 10.9 Å². The highest BCUT2D eigenvalue weighted by atomic mass is 35.5. The Morgan fingerprint density at radius 1 is 1.13 bits per heavy atom. The molecule has 0 saturated carbocycles. The van der Waals surface area contributed by atoms with Crippen molar-refractivity contribution in [2.75, 3.05) is 6.54 Å². The summed E-state index contributed by atoms with van der Waals surface area (Å²) >= 11 is 5.86. The van der Waals surface area contributed by atoms with E-state index >= 15 is 0 Å². The quantitative estimate of drug-likeness (QED) is 0.511. The molecule has 9 heteroatoms. The first kappa shape index (κ1) is 19.8. The van der Waals surface area contributed by atoms with Gasteiger partial charge in [0.2, 0.25) is 0 Å². The number of nitrogens with zero attached hydrogens (tertiary/aromatic N) is 4. The smallest absolute Gasteiger partial charge is 0.316 e. The van der Waals surface area contributed by atoms with Gasteiger partial charge >= 0.3 is 11.8 Å². The fraction of sp³-hybridized carbons (Fsp3) is 0.190. The lowest BCUT2D eigenvalue weighted by Gasteiger charge is -2.08. The van der Waals surface area contributed by atoms with Crippen LogP contribution in [-0.4, -0.2) is 32.1 Å². The summed E-state index contributed by atoms with van der Waals surface area (Å²) in [6, 6.07) is 14.5. The molecule has 4 aromatic rings. The van der Waals surface area contributed by atoms with Gasteiger partial charge in [0.25, 0.3) is 5.56 Å². The van der Waals surface area contributed by atoms with Gasteiger partial charge in [0.1, 0.15) is 5.82 Å². The van der Waals surface area contributed by atoms with Gasteiger partial charge in [0.15, 0.2) is 5.82 Å². The molecule has 4 rings (SSSR count). The zero-order chi connectivity index (χ0) is 21.1. The number of hydrogen-bond donors (Lipinski definition) is 1. The van der Waals surface area contributed by atoms with Crippen molar-refractivity contribution in [2.45, 2.75) is 19.9 Å². The highest BCUT2D eigenvalue weighted by Crippen LogP contribution is 2.10. The van der Waals surface area contributed by atoms with Gasteiger partial charge < -0.3 is 9.84 Å². The third-order valence-electron chi connectivity index (χ3n) is 4.63. The van der Waals surface area contributed by atoms with Crippen molar-refractivity contribution >= 4 is 28.4 Å². The second-order valence-corrected chi connectivity index (χ2v) is 7.15. The molecular formula is C21H18ClN5O3. The number of rotatable bonds is 6. The summed E-state index contributed by atoms with van der Waals surface area (Å²) in [5, 5.41) is 7.73. The fourth-order valence-corrected chi connectivity index (χ4v) is 3.19. The molecule has 2 heterocycles. The molecule has 0 bridgehead atoms. The van der Waals surface area contributed by atoms with Crippen molar-refractivity contribution < 1.29 is 9.32 Å². The SMILES string of the molecule is Cc1nc2ccccc2c(=O)n1Cc1noc(C(=O)NCCc2ccc(Cl)cc2)n1. The minimum absolute atomic E-state index is 0.0596. The Hall–Kier alpha value is -3.52. The van der Waals surface area contributed by atoms with Crippen LogP contribution >= 0.6 is 11.6 Å². The molecule has 0 aliphatic rings. The third-order valence-corrected chi connectivity index (χ3v) is 4.88. The van der Waals surface area contributed by atoms with Gasteiger partial charge in [-0.2, -0.15) is 4.98 Å². The van der Waals surface area contributed by atoms with Gasteiger partial charge in [-0.25, -0.2) is 4.98 Å². The molecule has 0 saturated heterocycles. The standard InChI is InChI=1S/C21H18ClN5O3/c1-13-24-17-5-3-2-4-16(17)21(29)27(13)12-18-25-20(30-26-18)19(28)23-11-10-14-6-8-15(22)9-7-14/h2-9H,10-12H2,1H3,(H,23,28). The van der Waals surface area contributed by atoms with E-state index in [1.165, 1.54) is 4.57 Å². The molecule has 30 heavy (non-hydrogen) atoms. The van der Waals surface area contributed by atoms with E-state index in [2.05, 4.69) is 20.4 Å². The van der Waals surface area contributed by atoms with E-state index in [-0.39, 0.29) is 23.8 Å². The van der Waals surface area contributed by atoms with Crippen LogP contribution in [0.25, 0.3) is 10.9 Å². The lowest BCUT2D eigenvalue weighted by molar-refractivity contribution is 0.0910. The summed E-state index contributed by atoms with van der Waals surface area (Å²) in [4.78, 5) is 33.5. The van der Waals surface area contributed by atoms with Crippen LogP contribution in [0.2, 0.25) is 5.02 Å². The normalized spacial score (nSPS) is 11.0. The Balaban J connectivity index is 1.43. The molecule has 0 unspecified atom stereocenters. The molecule has 0 fully saturated rings. The zero-order valence-corrected chi connectivity index (χ0v) is 16.9. The maximum absolute atomic E-state index is 12.7. The lowest BCUT2D eigenvalue weighted by atomic mass is 10.1. The van der Waals surface area contributed by atoms with E-state index in [1.807, 2.05) is 18.2 Å². The molecule has 2 aromatic heterocycles. The zero-order valence-electron chi connectivity index (χ0n) is 16.1. The van der Waals surface area contributed by atoms with Crippen LogP contribution in [0.4, 0.5) is 0 Å². The summed E-state index contributed by atoms with van der Waals surface area (Å²) in [7, 11) is 0. The number of halogens is 1. The summed E-state index contributed by atoms with van der Waals surface area (Å²) in [6.07, 6.45) is 0.640. The predicted octanol–water partition coefficient (Wildman–Crippen LogP) is 2.76. The molecule has 0 aliphatic heterocycles. The number of fused-ring (bicyclic) bond motifs is 1. The summed E-state index contributed by atoms with van der Waals surface area (Å²) in [6.45, 7) is 2.20. The Kier molecular flexibility index (Phi) is 5.58. The van der Waals surface area contributed by atoms with Crippen molar-refractivity contribution in [2.24, 2.45) is 0 Å². The monoisotopic (exact) mass is 423 g/mol. The largest absolute Gasteiger partial charge is 0.347 e. The van der Waals surface area contributed by atoms with E-state index in [1.54, 1.807) is 37.3 Å². The van der Waals surface area contributed by atoms with E-state index in [0.717, 1.165) is 5.56 Å². The average Bonchev–Trinajstić information content (AvgIpc) is 3.21. The van der Waals surface area contributed by atoms with Crippen LogP contribution in [0.5, 0.6) is 0 Å². The first-order valence-electron chi connectivity index (χ1n) is 9.32. The maximum atomic E-state index is 12.7. The number of nitrogens with one attached hydrogen (secondary N) is 1. The second kappa shape index (κ2) is 8.46. The molecule has 0 radical (unpaired) electrons. The van der Waals surface area contributed by atoms with Gasteiger partial charge in [-0.05, 0) is 43.2 Å². The first-order valence-corrected chi connectivity index (χ1v) is 9.70. The van der Waals surface area contributed by atoms with E-state index in [0.29, 0.717) is 34.7 Å². The van der Waals surface area contributed by atoms with Gasteiger partial charge in [-0.1, -0.05) is 41.0 Å². The average molecular weight is 424 g/mol. The highest BCUT2D eigenvalue weighted by molar-refractivity contribution is 6.30. The van der Waals surface area contributed by atoms with Crippen molar-refractivity contribution in [3.63, 3.8) is 0 Å². The highest BCUT2D eigenvalue weighted by Gasteiger charge is 2.16. The van der Waals surface area contributed by atoms with E-state index in [9.17, 15) is 9.59 Å². The molecule has 152 valence electrons. The van der Waals surface area contributed by atoms with E-state index < -0.39 is 5.91 Å². The number of hydrogen-bond acceptors (Lipinski definition) is 6. The number of carbonyl (C=O) groups is 1. The van der Waals surface area contributed by atoms with Gasteiger partial charge in [-0.3, -0.25) is 14.2 Å². The number of aryl methyl sites for hydroxylation is 1. The van der Waals surface area contributed by atoms with E-state index in [4.69, 9.17) is 16.1 Å². The Bertz CT molecular complexity index is 1260. The lowest BCUT2D eigenvalue weighted by Crippen LogP contribution is -2.26. The van der Waals surface area contributed by atoms with Gasteiger partial charge in [0.05, 0.1) is 17.4 Å². The van der Waals surface area contributed by atoms with Crippen LogP contribution in [0.15, 0.2) is 57.8 Å². The number of benzene rings is 2. The molecule has 1 N–H and O–H groups in total. The molecule has 0 atom stereocenters. The maximum Gasteiger partial charge on any atom is 0.316 e. The summed E-state index contributed by atoms with van der Waals surface area (Å²) in [5.74, 6) is 0.126. The molecule has 2 aromatic carbocycles. The van der Waals surface area contributed by atoms with Crippen molar-refractivity contribution in [1.82, 2.24) is 25.0 Å². The van der Waals surface area contributed by atoms with Gasteiger partial charge in [0, 0.05) is 11.6 Å². The fourth-order valence-electron chi connectivity index (χ4n) is 3.06. The Labute approximate surface area is 176 Å². The molecule has 0 spiro atoms. The van der Waals surface area contributed by atoms with Crippen LogP contribution in [0.1, 0.15) is 27.9 Å². The number of aromatic nitrogens is 4. The minimum atomic E-state index is -0.469. The van der Waals surface area contributed by atoms with Crippen LogP contribution in [0, 0.1) is 6.92 Å². The number of para-hydroxylation sites is 1. The van der Waals surface area contributed by atoms with Crippen molar-refractivity contribution in [1.29, 1.82) is 0 Å². The first-order chi connectivity index (χ1) is 14.5. The van der Waals surface area contributed by atoms with Crippen LogP contribution in [0.3, 0.4) is 0 Å². The van der Waals surface area contributed by atoms with Crippen LogP contribution in [-0.2, 0) is 13.0 Å². The third kappa shape index (κ3) is 4.23. The summed E-state index contributed by atoms with van der Waals surface area (Å²) in [5.41, 5.74) is 1.48. The predicted molar refractivity (Wildman–Crippen MR) is 112 cm³/mol. The summed E-state index contributed by atoms with van der Waals surface area (Å²) < 4.78 is 6.51. The van der Waals surface area contributed by atoms with Crippen molar-refractivity contribution in [3.8, 4) is 0 Å². The Morgan fingerprint density at radius 3 is 2.70 bits per heavy atom. The van der Waals surface area contributed by atoms with Crippen molar-refractivity contribution in [3.05, 3.63) is 87.0 Å². The Morgan fingerprint density at radius 2 is 1.90 bits per heavy atom. The topological polar surface area (TPSA) is 103 Å². The second-order valence-electron chi connectivity index (χ2n) is 6.72. The molecular weight excluding hydrogens is 406 g/mol. The molecule has 0 aliphatic carbocycles. The number of carbonyl (C=O) groups excluding carboxylic acids is 1.